The molecule has 3 rings (SSSR count). The van der Waals surface area contributed by atoms with E-state index in [1.165, 1.54) is 12.8 Å². The molecule has 1 N–H and O–H groups in total. The van der Waals surface area contributed by atoms with Crippen LogP contribution in [-0.2, 0) is 4.79 Å². The van der Waals surface area contributed by atoms with Crippen molar-refractivity contribution in [1.29, 1.82) is 0 Å². The van der Waals surface area contributed by atoms with Gasteiger partial charge in [0.1, 0.15) is 6.04 Å². The van der Waals surface area contributed by atoms with E-state index < -0.39 is 0 Å². The normalized spacial score (nSPS) is 31.2. The number of nitrogens with zero attached hydrogens (tertiary/aromatic N) is 3. The SMILES string of the molecule is CC(C(=O)N(C)C1CC2CCC(C1)N2)n1cccn1. The molecule has 3 heterocycles. The molecule has 0 aliphatic carbocycles. The summed E-state index contributed by atoms with van der Waals surface area (Å²) >= 11 is 0. The highest BCUT2D eigenvalue weighted by atomic mass is 16.2. The first-order valence-electron chi connectivity index (χ1n) is 7.17. The molecule has 2 saturated heterocycles. The van der Waals surface area contributed by atoms with E-state index in [1.54, 1.807) is 10.9 Å². The van der Waals surface area contributed by atoms with Crippen LogP contribution in [0.5, 0.6) is 0 Å². The van der Waals surface area contributed by atoms with E-state index in [2.05, 4.69) is 10.4 Å². The lowest BCUT2D eigenvalue weighted by Gasteiger charge is -2.36. The van der Waals surface area contributed by atoms with Crippen molar-refractivity contribution < 1.29 is 4.79 Å². The predicted molar refractivity (Wildman–Crippen MR) is 72.7 cm³/mol. The molecular weight excluding hydrogens is 240 g/mol. The smallest absolute Gasteiger partial charge is 0.247 e. The van der Waals surface area contributed by atoms with Crippen LogP contribution in [-0.4, -0.2) is 45.8 Å². The first-order chi connectivity index (χ1) is 9.15. The number of nitrogens with one attached hydrogen (secondary N) is 1. The van der Waals surface area contributed by atoms with Crippen LogP contribution in [0.25, 0.3) is 0 Å². The summed E-state index contributed by atoms with van der Waals surface area (Å²) in [6, 6.07) is 3.24. The second-order valence-electron chi connectivity index (χ2n) is 5.87. The zero-order valence-corrected chi connectivity index (χ0v) is 11.6. The number of piperidine rings is 1. The van der Waals surface area contributed by atoms with Gasteiger partial charge < -0.3 is 10.2 Å². The van der Waals surface area contributed by atoms with Gasteiger partial charge in [-0.15, -0.1) is 0 Å². The monoisotopic (exact) mass is 262 g/mol. The van der Waals surface area contributed by atoms with Crippen LogP contribution in [0.4, 0.5) is 0 Å². The van der Waals surface area contributed by atoms with Crippen LogP contribution in [0.2, 0.25) is 0 Å². The molecule has 19 heavy (non-hydrogen) atoms. The van der Waals surface area contributed by atoms with E-state index in [0.29, 0.717) is 18.1 Å². The number of fused-ring (bicyclic) bond motifs is 2. The quantitative estimate of drug-likeness (QED) is 0.890. The van der Waals surface area contributed by atoms with Gasteiger partial charge in [-0.25, -0.2) is 0 Å². The minimum atomic E-state index is -0.215. The maximum absolute atomic E-state index is 12.5. The summed E-state index contributed by atoms with van der Waals surface area (Å²) in [5.74, 6) is 0.162. The van der Waals surface area contributed by atoms with Gasteiger partial charge in [0.2, 0.25) is 5.91 Å². The predicted octanol–water partition coefficient (Wildman–Crippen LogP) is 1.19. The summed E-state index contributed by atoms with van der Waals surface area (Å²) < 4.78 is 1.73. The van der Waals surface area contributed by atoms with E-state index >= 15 is 0 Å². The molecule has 3 unspecified atom stereocenters. The van der Waals surface area contributed by atoms with Gasteiger partial charge in [0.25, 0.3) is 0 Å². The number of carbonyl (C=O) groups excluding carboxylic acids is 1. The summed E-state index contributed by atoms with van der Waals surface area (Å²) in [5.41, 5.74) is 0. The van der Waals surface area contributed by atoms with Crippen molar-refractivity contribution in [1.82, 2.24) is 20.0 Å². The minimum Gasteiger partial charge on any atom is -0.341 e. The molecule has 3 atom stereocenters. The van der Waals surface area contributed by atoms with Crippen LogP contribution < -0.4 is 5.32 Å². The van der Waals surface area contributed by atoms with Gasteiger partial charge in [-0.05, 0) is 38.7 Å². The molecule has 104 valence electrons. The van der Waals surface area contributed by atoms with Crippen LogP contribution in [0.1, 0.15) is 38.6 Å². The summed E-state index contributed by atoms with van der Waals surface area (Å²) in [6.07, 6.45) is 8.27. The number of aromatic nitrogens is 2. The van der Waals surface area contributed by atoms with Gasteiger partial charge in [0.05, 0.1) is 0 Å². The Morgan fingerprint density at radius 3 is 2.68 bits per heavy atom. The average molecular weight is 262 g/mol. The van der Waals surface area contributed by atoms with Gasteiger partial charge >= 0.3 is 0 Å². The Labute approximate surface area is 114 Å². The average Bonchev–Trinajstić information content (AvgIpc) is 3.06. The van der Waals surface area contributed by atoms with Crippen molar-refractivity contribution in [2.75, 3.05) is 7.05 Å². The Bertz CT molecular complexity index is 432. The summed E-state index contributed by atoms with van der Waals surface area (Å²) in [6.45, 7) is 1.92. The van der Waals surface area contributed by atoms with Gasteiger partial charge in [-0.3, -0.25) is 9.48 Å². The highest BCUT2D eigenvalue weighted by Crippen LogP contribution is 2.30. The third-order valence-electron chi connectivity index (χ3n) is 4.62. The van der Waals surface area contributed by atoms with Crippen molar-refractivity contribution >= 4 is 5.91 Å². The van der Waals surface area contributed by atoms with Crippen molar-refractivity contribution in [3.05, 3.63) is 18.5 Å². The molecule has 5 heteroatoms. The second kappa shape index (κ2) is 4.96. The molecule has 5 nitrogen and oxygen atoms in total. The van der Waals surface area contributed by atoms with E-state index in [0.717, 1.165) is 12.8 Å². The first-order valence-corrected chi connectivity index (χ1v) is 7.17. The molecule has 2 fully saturated rings. The largest absolute Gasteiger partial charge is 0.341 e. The standard InChI is InChI=1S/C14H22N4O/c1-10(18-7-3-6-15-18)14(19)17(2)13-8-11-4-5-12(9-13)16-11/h3,6-7,10-13,16H,4-5,8-9H2,1-2H3. The molecule has 0 aromatic carbocycles. The van der Waals surface area contributed by atoms with E-state index in [9.17, 15) is 4.79 Å². The van der Waals surface area contributed by atoms with E-state index in [4.69, 9.17) is 0 Å². The van der Waals surface area contributed by atoms with Crippen molar-refractivity contribution in [2.24, 2.45) is 0 Å². The van der Waals surface area contributed by atoms with Crippen molar-refractivity contribution in [3.8, 4) is 0 Å². The number of likely N-dealkylation sites (N-methyl/N-ethyl adjacent to an activating group) is 1. The highest BCUT2D eigenvalue weighted by Gasteiger charge is 2.37. The maximum atomic E-state index is 12.5. The molecule has 1 aromatic rings. The summed E-state index contributed by atoms with van der Waals surface area (Å²) in [4.78, 5) is 14.5. The first kappa shape index (κ1) is 12.7. The van der Waals surface area contributed by atoms with E-state index in [-0.39, 0.29) is 11.9 Å². The number of amides is 1. The van der Waals surface area contributed by atoms with Crippen molar-refractivity contribution in [2.45, 2.75) is 56.8 Å². The Hall–Kier alpha value is -1.36. The third kappa shape index (κ3) is 2.39. The number of hydrogen-bond acceptors (Lipinski definition) is 3. The summed E-state index contributed by atoms with van der Waals surface area (Å²) in [5, 5.41) is 7.78. The Morgan fingerprint density at radius 2 is 2.11 bits per heavy atom. The molecule has 2 aliphatic heterocycles. The lowest BCUT2D eigenvalue weighted by molar-refractivity contribution is -0.136. The minimum absolute atomic E-state index is 0.162. The summed E-state index contributed by atoms with van der Waals surface area (Å²) in [7, 11) is 1.94. The fraction of sp³-hybridized carbons (Fsp3) is 0.714. The number of carbonyl (C=O) groups is 1. The zero-order chi connectivity index (χ0) is 13.4. The van der Waals surface area contributed by atoms with Gasteiger partial charge in [-0.1, -0.05) is 0 Å². The van der Waals surface area contributed by atoms with Gasteiger partial charge in [0, 0.05) is 37.6 Å². The molecule has 1 aromatic heterocycles. The highest BCUT2D eigenvalue weighted by molar-refractivity contribution is 5.80. The van der Waals surface area contributed by atoms with Crippen LogP contribution >= 0.6 is 0 Å². The molecule has 2 aliphatic rings. The Morgan fingerprint density at radius 1 is 1.42 bits per heavy atom. The molecule has 0 saturated carbocycles. The van der Waals surface area contributed by atoms with Crippen LogP contribution in [0, 0.1) is 0 Å². The third-order valence-corrected chi connectivity index (χ3v) is 4.62. The lowest BCUT2D eigenvalue weighted by atomic mass is 9.98. The molecule has 0 radical (unpaired) electrons. The number of hydrogen-bond donors (Lipinski definition) is 1. The van der Waals surface area contributed by atoms with Crippen molar-refractivity contribution in [3.63, 3.8) is 0 Å². The molecule has 2 bridgehead atoms. The maximum Gasteiger partial charge on any atom is 0.247 e. The van der Waals surface area contributed by atoms with Crippen LogP contribution in [0.15, 0.2) is 18.5 Å². The van der Waals surface area contributed by atoms with Gasteiger partial charge in [-0.2, -0.15) is 5.10 Å². The molecule has 1 amide bonds. The lowest BCUT2D eigenvalue weighted by Crippen LogP contribution is -2.50. The topological polar surface area (TPSA) is 50.2 Å². The Balaban J connectivity index is 1.66. The fourth-order valence-electron chi connectivity index (χ4n) is 3.44. The molecular formula is C14H22N4O. The second-order valence-corrected chi connectivity index (χ2v) is 5.87. The van der Waals surface area contributed by atoms with E-state index in [1.807, 2.05) is 31.1 Å². The van der Waals surface area contributed by atoms with Crippen LogP contribution in [0.3, 0.4) is 0 Å². The molecule has 0 spiro atoms. The number of rotatable bonds is 3. The van der Waals surface area contributed by atoms with Gasteiger partial charge in [0.15, 0.2) is 0 Å². The Kier molecular flexibility index (Phi) is 3.31. The zero-order valence-electron chi connectivity index (χ0n) is 11.6. The fourth-order valence-corrected chi connectivity index (χ4v) is 3.44.